The number of hydrogen-bond acceptors (Lipinski definition) is 4. The minimum absolute atomic E-state index is 0.0234. The largest absolute Gasteiger partial charge is 0.267 e. The van der Waals surface area contributed by atoms with Crippen LogP contribution < -0.4 is 0 Å². The van der Waals surface area contributed by atoms with Gasteiger partial charge in [0, 0.05) is 11.0 Å². The van der Waals surface area contributed by atoms with Crippen molar-refractivity contribution in [1.82, 2.24) is 0 Å². The van der Waals surface area contributed by atoms with E-state index in [1.54, 1.807) is 0 Å². The Labute approximate surface area is 115 Å². The van der Waals surface area contributed by atoms with E-state index < -0.39 is 10.1 Å². The highest BCUT2D eigenvalue weighted by Crippen LogP contribution is 2.31. The first-order valence-corrected chi connectivity index (χ1v) is 8.70. The molecule has 0 bridgehead atoms. The molecule has 1 rings (SSSR count). The first-order valence-electron chi connectivity index (χ1n) is 6.88. The maximum absolute atomic E-state index is 11.2. The van der Waals surface area contributed by atoms with Gasteiger partial charge in [-0.25, -0.2) is 0 Å². The van der Waals surface area contributed by atoms with Crippen molar-refractivity contribution < 1.29 is 12.6 Å². The van der Waals surface area contributed by atoms with E-state index in [9.17, 15) is 8.42 Å². The summed E-state index contributed by atoms with van der Waals surface area (Å²) in [5, 5.41) is 3.88. The van der Waals surface area contributed by atoms with Crippen molar-refractivity contribution in [3.05, 3.63) is 10.4 Å². The van der Waals surface area contributed by atoms with Crippen LogP contribution in [0.25, 0.3) is 10.4 Å². The van der Waals surface area contributed by atoms with E-state index in [1.165, 1.54) is 0 Å². The fourth-order valence-electron chi connectivity index (χ4n) is 2.72. The molecule has 1 aliphatic carbocycles. The van der Waals surface area contributed by atoms with Crippen LogP contribution in [-0.2, 0) is 14.3 Å². The van der Waals surface area contributed by atoms with Gasteiger partial charge in [-0.2, -0.15) is 8.42 Å². The molecule has 7 heteroatoms. The van der Waals surface area contributed by atoms with Crippen LogP contribution in [0.5, 0.6) is 0 Å². The van der Waals surface area contributed by atoms with Gasteiger partial charge in [0.1, 0.15) is 0 Å². The summed E-state index contributed by atoms with van der Waals surface area (Å²) < 4.78 is 27.5. The van der Waals surface area contributed by atoms with Gasteiger partial charge in [-0.05, 0) is 37.1 Å². The third-order valence-electron chi connectivity index (χ3n) is 3.65. The van der Waals surface area contributed by atoms with Crippen LogP contribution in [0.1, 0.15) is 51.9 Å². The topological polar surface area (TPSA) is 92.1 Å². The molecule has 0 N–H and O–H groups in total. The second-order valence-corrected chi connectivity index (χ2v) is 6.84. The monoisotopic (exact) mass is 289 g/mol. The summed E-state index contributed by atoms with van der Waals surface area (Å²) in [6, 6.07) is -0.0234. The SMILES string of the molecule is CCC(C[C@@H]1CCCCC[C@H]1N=[N+]=[N-])OS(C)(=O)=O. The van der Waals surface area contributed by atoms with Crippen LogP contribution in [0.3, 0.4) is 0 Å². The van der Waals surface area contributed by atoms with E-state index in [1.807, 2.05) is 6.92 Å². The average Bonchev–Trinajstić information content (AvgIpc) is 2.53. The van der Waals surface area contributed by atoms with Crippen LogP contribution in [0.2, 0.25) is 0 Å². The number of azide groups is 1. The van der Waals surface area contributed by atoms with Gasteiger partial charge in [0.05, 0.1) is 12.4 Å². The number of nitrogens with zero attached hydrogens (tertiary/aromatic N) is 3. The molecule has 3 atom stereocenters. The van der Waals surface area contributed by atoms with Crippen molar-refractivity contribution in [2.45, 2.75) is 64.0 Å². The second-order valence-electron chi connectivity index (χ2n) is 5.24. The average molecular weight is 289 g/mol. The Morgan fingerprint density at radius 3 is 2.63 bits per heavy atom. The smallest absolute Gasteiger partial charge is 0.264 e. The fourth-order valence-corrected chi connectivity index (χ4v) is 3.43. The summed E-state index contributed by atoms with van der Waals surface area (Å²) in [6.07, 6.45) is 7.26. The Morgan fingerprint density at radius 2 is 2.05 bits per heavy atom. The molecule has 0 aliphatic heterocycles. The van der Waals surface area contributed by atoms with Gasteiger partial charge in [0.25, 0.3) is 10.1 Å². The third kappa shape index (κ3) is 6.27. The van der Waals surface area contributed by atoms with Gasteiger partial charge >= 0.3 is 0 Å². The Morgan fingerprint density at radius 1 is 1.37 bits per heavy atom. The Balaban J connectivity index is 2.70. The van der Waals surface area contributed by atoms with E-state index in [4.69, 9.17) is 9.71 Å². The fraction of sp³-hybridized carbons (Fsp3) is 1.00. The highest BCUT2D eigenvalue weighted by atomic mass is 32.2. The zero-order valence-corrected chi connectivity index (χ0v) is 12.5. The van der Waals surface area contributed by atoms with Gasteiger partial charge in [0.2, 0.25) is 0 Å². The van der Waals surface area contributed by atoms with Crippen LogP contribution in [0.4, 0.5) is 0 Å². The van der Waals surface area contributed by atoms with E-state index >= 15 is 0 Å². The van der Waals surface area contributed by atoms with Crippen molar-refractivity contribution >= 4 is 10.1 Å². The van der Waals surface area contributed by atoms with Crippen molar-refractivity contribution in [3.63, 3.8) is 0 Å². The Kier molecular flexibility index (Phi) is 6.62. The minimum Gasteiger partial charge on any atom is -0.267 e. The van der Waals surface area contributed by atoms with Gasteiger partial charge < -0.3 is 0 Å². The lowest BCUT2D eigenvalue weighted by atomic mass is 9.89. The molecule has 1 saturated carbocycles. The molecule has 0 aromatic heterocycles. The molecule has 0 amide bonds. The Bertz CT molecular complexity index is 418. The van der Waals surface area contributed by atoms with Crippen molar-refractivity contribution in [3.8, 4) is 0 Å². The van der Waals surface area contributed by atoms with E-state index in [0.29, 0.717) is 12.8 Å². The molecule has 0 aromatic rings. The maximum atomic E-state index is 11.2. The van der Waals surface area contributed by atoms with Crippen molar-refractivity contribution in [2.24, 2.45) is 11.0 Å². The molecule has 0 aromatic carbocycles. The summed E-state index contributed by atoms with van der Waals surface area (Å²) in [6.45, 7) is 1.91. The van der Waals surface area contributed by atoms with E-state index in [2.05, 4.69) is 10.0 Å². The quantitative estimate of drug-likeness (QED) is 0.246. The van der Waals surface area contributed by atoms with Gasteiger partial charge in [-0.3, -0.25) is 4.18 Å². The van der Waals surface area contributed by atoms with Gasteiger partial charge in [-0.1, -0.05) is 31.3 Å². The van der Waals surface area contributed by atoms with Gasteiger partial charge in [-0.15, -0.1) is 0 Å². The first-order chi connectivity index (χ1) is 8.96. The minimum atomic E-state index is -3.43. The summed E-state index contributed by atoms with van der Waals surface area (Å²) in [5.41, 5.74) is 8.64. The molecule has 0 radical (unpaired) electrons. The molecule has 6 nitrogen and oxygen atoms in total. The van der Waals surface area contributed by atoms with Crippen LogP contribution in [0, 0.1) is 5.92 Å². The standard InChI is InChI=1S/C12H23N3O3S/c1-3-11(18-19(2,16)17)9-10-7-5-4-6-8-12(10)14-15-13/h10-12H,3-9H2,1-2H3/t10-,11?,12+/m0/s1. The van der Waals surface area contributed by atoms with Crippen LogP contribution in [0.15, 0.2) is 5.11 Å². The second kappa shape index (κ2) is 7.72. The van der Waals surface area contributed by atoms with Crippen LogP contribution >= 0.6 is 0 Å². The predicted molar refractivity (Wildman–Crippen MR) is 74.1 cm³/mol. The summed E-state index contributed by atoms with van der Waals surface area (Å²) in [7, 11) is -3.43. The summed E-state index contributed by atoms with van der Waals surface area (Å²) >= 11 is 0. The third-order valence-corrected chi connectivity index (χ3v) is 4.27. The molecule has 1 aliphatic rings. The van der Waals surface area contributed by atoms with Crippen LogP contribution in [-0.4, -0.2) is 26.8 Å². The molecule has 0 heterocycles. The summed E-state index contributed by atoms with van der Waals surface area (Å²) in [5.74, 6) is 0.227. The maximum Gasteiger partial charge on any atom is 0.264 e. The molecule has 19 heavy (non-hydrogen) atoms. The Hall–Kier alpha value is -0.780. The molecular formula is C12H23N3O3S. The zero-order valence-electron chi connectivity index (χ0n) is 11.7. The van der Waals surface area contributed by atoms with Crippen molar-refractivity contribution in [1.29, 1.82) is 0 Å². The first kappa shape index (κ1) is 16.3. The van der Waals surface area contributed by atoms with E-state index in [0.717, 1.165) is 38.4 Å². The molecule has 1 unspecified atom stereocenters. The normalized spacial score (nSPS) is 26.2. The molecular weight excluding hydrogens is 266 g/mol. The lowest BCUT2D eigenvalue weighted by Gasteiger charge is -2.25. The molecule has 1 fully saturated rings. The van der Waals surface area contributed by atoms with E-state index in [-0.39, 0.29) is 18.1 Å². The lowest BCUT2D eigenvalue weighted by molar-refractivity contribution is 0.159. The van der Waals surface area contributed by atoms with Gasteiger partial charge in [0.15, 0.2) is 0 Å². The number of rotatable bonds is 6. The lowest BCUT2D eigenvalue weighted by Crippen LogP contribution is -2.25. The highest BCUT2D eigenvalue weighted by molar-refractivity contribution is 7.86. The van der Waals surface area contributed by atoms with Crippen molar-refractivity contribution in [2.75, 3.05) is 6.26 Å². The zero-order chi connectivity index (χ0) is 14.3. The predicted octanol–water partition coefficient (Wildman–Crippen LogP) is 3.39. The molecule has 110 valence electrons. The summed E-state index contributed by atoms with van der Waals surface area (Å²) in [4.78, 5) is 2.92. The number of hydrogen-bond donors (Lipinski definition) is 0. The highest BCUT2D eigenvalue weighted by Gasteiger charge is 2.27. The molecule has 0 saturated heterocycles. The molecule has 0 spiro atoms.